The van der Waals surface area contributed by atoms with Gasteiger partial charge in [-0.05, 0) is 0 Å². The Labute approximate surface area is 140 Å². The molecule has 0 bridgehead atoms. The number of hydrogen-bond acceptors (Lipinski definition) is 5. The number of nitro groups is 1. The van der Waals surface area contributed by atoms with Crippen molar-refractivity contribution in [3.05, 3.63) is 56.4 Å². The van der Waals surface area contributed by atoms with Gasteiger partial charge in [-0.3, -0.25) is 14.9 Å². The van der Waals surface area contributed by atoms with Crippen LogP contribution in [0, 0.1) is 10.1 Å². The lowest BCUT2D eigenvalue weighted by atomic mass is 9.90. The Bertz CT molecular complexity index is 810. The van der Waals surface area contributed by atoms with Crippen LogP contribution in [-0.4, -0.2) is 19.5 Å². The van der Waals surface area contributed by atoms with Gasteiger partial charge in [-0.15, -0.1) is 0 Å². The Kier molecular flexibility index (Phi) is 4.31. The quantitative estimate of drug-likeness (QED) is 0.623. The second kappa shape index (κ2) is 5.81. The molecule has 24 heavy (non-hydrogen) atoms. The Morgan fingerprint density at radius 1 is 1.08 bits per heavy atom. The molecule has 2 aromatic heterocycles. The minimum atomic E-state index is -0.685. The summed E-state index contributed by atoms with van der Waals surface area (Å²) in [4.78, 5) is 31.1. The summed E-state index contributed by atoms with van der Waals surface area (Å²) in [5.41, 5.74) is -0.759. The highest BCUT2D eigenvalue weighted by molar-refractivity contribution is 5.35. The normalized spacial score (nSPS) is 12.2. The van der Waals surface area contributed by atoms with E-state index in [1.807, 2.05) is 41.5 Å². The smallest absolute Gasteiger partial charge is 0.301 e. The molecule has 0 aromatic carbocycles. The number of pyridine rings is 1. The molecule has 2 heterocycles. The van der Waals surface area contributed by atoms with Gasteiger partial charge < -0.3 is 4.57 Å². The number of rotatable bonds is 2. The summed E-state index contributed by atoms with van der Waals surface area (Å²) in [6.07, 6.45) is 2.68. The van der Waals surface area contributed by atoms with Crippen molar-refractivity contribution in [2.75, 3.05) is 0 Å². The zero-order valence-corrected chi connectivity index (χ0v) is 14.8. The summed E-state index contributed by atoms with van der Waals surface area (Å²) in [6, 6.07) is 2.97. The standard InChI is InChI=1S/C17H22N4O3/c1-16(2,3)13-9-14(19-15(18-13)17(4,5)6)20-8-7-12(22)11(10-20)21(23)24/h7-10H,1-6H3. The molecule has 0 aliphatic heterocycles. The lowest BCUT2D eigenvalue weighted by Gasteiger charge is -2.24. The average Bonchev–Trinajstić information content (AvgIpc) is 2.45. The zero-order valence-electron chi connectivity index (χ0n) is 14.8. The van der Waals surface area contributed by atoms with E-state index in [1.165, 1.54) is 23.0 Å². The third-order valence-corrected chi connectivity index (χ3v) is 3.51. The Morgan fingerprint density at radius 3 is 2.21 bits per heavy atom. The highest BCUT2D eigenvalue weighted by atomic mass is 16.6. The fourth-order valence-electron chi connectivity index (χ4n) is 2.04. The molecule has 128 valence electrons. The SMILES string of the molecule is CC(C)(C)c1cc(-n2ccc(=O)c([N+](=O)[O-])c2)nc(C(C)(C)C)n1. The molecule has 2 rings (SSSR count). The minimum absolute atomic E-state index is 0.206. The van der Waals surface area contributed by atoms with Crippen molar-refractivity contribution in [2.45, 2.75) is 52.4 Å². The second-order valence-electron chi connectivity index (χ2n) is 7.79. The molecule has 0 saturated heterocycles. The van der Waals surface area contributed by atoms with E-state index in [4.69, 9.17) is 0 Å². The van der Waals surface area contributed by atoms with Crippen LogP contribution >= 0.6 is 0 Å². The molecule has 0 saturated carbocycles. The molecular weight excluding hydrogens is 308 g/mol. The predicted octanol–water partition coefficient (Wildman–Crippen LogP) is 3.13. The predicted molar refractivity (Wildman–Crippen MR) is 91.7 cm³/mol. The van der Waals surface area contributed by atoms with Gasteiger partial charge >= 0.3 is 5.69 Å². The first-order valence-electron chi connectivity index (χ1n) is 7.67. The van der Waals surface area contributed by atoms with Crippen molar-refractivity contribution in [1.29, 1.82) is 0 Å². The van der Waals surface area contributed by atoms with Crippen LogP contribution in [0.3, 0.4) is 0 Å². The molecule has 0 radical (unpaired) electrons. The molecule has 7 nitrogen and oxygen atoms in total. The monoisotopic (exact) mass is 330 g/mol. The molecule has 0 aliphatic rings. The van der Waals surface area contributed by atoms with Crippen LogP contribution in [0.5, 0.6) is 0 Å². The van der Waals surface area contributed by atoms with Gasteiger partial charge in [0.1, 0.15) is 11.6 Å². The fraction of sp³-hybridized carbons (Fsp3) is 0.471. The van der Waals surface area contributed by atoms with Gasteiger partial charge in [0.15, 0.2) is 0 Å². The summed E-state index contributed by atoms with van der Waals surface area (Å²) in [6.45, 7) is 12.1. The summed E-state index contributed by atoms with van der Waals surface area (Å²) in [5, 5.41) is 11.0. The van der Waals surface area contributed by atoms with Crippen molar-refractivity contribution >= 4 is 5.69 Å². The van der Waals surface area contributed by atoms with Crippen molar-refractivity contribution in [3.8, 4) is 5.82 Å². The molecule has 0 spiro atoms. The van der Waals surface area contributed by atoms with Crippen molar-refractivity contribution in [3.63, 3.8) is 0 Å². The lowest BCUT2D eigenvalue weighted by Crippen LogP contribution is -2.23. The van der Waals surface area contributed by atoms with Gasteiger partial charge in [0.2, 0.25) is 0 Å². The number of hydrogen-bond donors (Lipinski definition) is 0. The summed E-state index contributed by atoms with van der Waals surface area (Å²) < 4.78 is 1.49. The van der Waals surface area contributed by atoms with E-state index in [-0.39, 0.29) is 10.8 Å². The first kappa shape index (κ1) is 17.8. The van der Waals surface area contributed by atoms with Crippen LogP contribution in [0.15, 0.2) is 29.3 Å². The van der Waals surface area contributed by atoms with E-state index in [0.29, 0.717) is 11.6 Å². The molecule has 0 fully saturated rings. The van der Waals surface area contributed by atoms with Gasteiger partial charge in [0, 0.05) is 29.2 Å². The van der Waals surface area contributed by atoms with Gasteiger partial charge in [0.05, 0.1) is 16.8 Å². The lowest BCUT2D eigenvalue weighted by molar-refractivity contribution is -0.386. The fourth-order valence-corrected chi connectivity index (χ4v) is 2.04. The van der Waals surface area contributed by atoms with Crippen molar-refractivity contribution < 1.29 is 4.92 Å². The van der Waals surface area contributed by atoms with Crippen LogP contribution in [0.25, 0.3) is 5.82 Å². The van der Waals surface area contributed by atoms with Crippen LogP contribution < -0.4 is 5.43 Å². The van der Waals surface area contributed by atoms with Crippen molar-refractivity contribution in [1.82, 2.24) is 14.5 Å². The summed E-state index contributed by atoms with van der Waals surface area (Å²) in [7, 11) is 0. The maximum atomic E-state index is 11.6. The van der Waals surface area contributed by atoms with E-state index >= 15 is 0 Å². The zero-order chi connectivity index (χ0) is 18.3. The molecule has 0 amide bonds. The highest BCUT2D eigenvalue weighted by Crippen LogP contribution is 2.26. The molecule has 7 heteroatoms. The Morgan fingerprint density at radius 2 is 1.71 bits per heavy atom. The number of aromatic nitrogens is 3. The second-order valence-corrected chi connectivity index (χ2v) is 7.79. The third-order valence-electron chi connectivity index (χ3n) is 3.51. The maximum absolute atomic E-state index is 11.6. The van der Waals surface area contributed by atoms with Crippen LogP contribution in [0.2, 0.25) is 0 Å². The van der Waals surface area contributed by atoms with Crippen LogP contribution in [-0.2, 0) is 10.8 Å². The van der Waals surface area contributed by atoms with E-state index in [1.54, 1.807) is 6.07 Å². The van der Waals surface area contributed by atoms with Crippen molar-refractivity contribution in [2.24, 2.45) is 0 Å². The van der Waals surface area contributed by atoms with Gasteiger partial charge in [-0.25, -0.2) is 9.97 Å². The molecule has 0 aliphatic carbocycles. The summed E-state index contributed by atoms with van der Waals surface area (Å²) >= 11 is 0. The van der Waals surface area contributed by atoms with E-state index in [9.17, 15) is 14.9 Å². The number of nitrogens with zero attached hydrogens (tertiary/aromatic N) is 4. The molecular formula is C17H22N4O3. The maximum Gasteiger partial charge on any atom is 0.332 e. The average molecular weight is 330 g/mol. The van der Waals surface area contributed by atoms with Crippen LogP contribution in [0.1, 0.15) is 53.1 Å². The first-order valence-corrected chi connectivity index (χ1v) is 7.67. The van der Waals surface area contributed by atoms with Gasteiger partial charge in [-0.2, -0.15) is 0 Å². The molecule has 0 atom stereocenters. The van der Waals surface area contributed by atoms with E-state index in [2.05, 4.69) is 9.97 Å². The Hall–Kier alpha value is -2.57. The van der Waals surface area contributed by atoms with E-state index < -0.39 is 16.0 Å². The third kappa shape index (κ3) is 3.67. The molecule has 2 aromatic rings. The minimum Gasteiger partial charge on any atom is -0.301 e. The highest BCUT2D eigenvalue weighted by Gasteiger charge is 2.24. The largest absolute Gasteiger partial charge is 0.332 e. The van der Waals surface area contributed by atoms with E-state index in [0.717, 1.165) is 5.69 Å². The molecule has 0 unspecified atom stereocenters. The first-order chi connectivity index (χ1) is 10.9. The summed E-state index contributed by atoms with van der Waals surface area (Å²) in [5.74, 6) is 1.15. The van der Waals surface area contributed by atoms with Gasteiger partial charge in [-0.1, -0.05) is 41.5 Å². The van der Waals surface area contributed by atoms with Gasteiger partial charge in [0.25, 0.3) is 5.43 Å². The van der Waals surface area contributed by atoms with Crippen LogP contribution in [0.4, 0.5) is 5.69 Å². The molecule has 0 N–H and O–H groups in total. The topological polar surface area (TPSA) is 90.9 Å². The Balaban J connectivity index is 2.72.